The van der Waals surface area contributed by atoms with E-state index < -0.39 is 227 Å². The molecule has 14 N–H and O–H groups in total. The highest BCUT2D eigenvalue weighted by Crippen LogP contribution is 2.35. The maximum Gasteiger partial charge on any atom is 0.509 e. The second-order valence-corrected chi connectivity index (χ2v) is 51.2. The number of hydrogen-bond acceptors (Lipinski definition) is 34. The van der Waals surface area contributed by atoms with E-state index in [1.807, 2.05) is 208 Å². The summed E-state index contributed by atoms with van der Waals surface area (Å²) in [4.78, 5) is 71.4. The van der Waals surface area contributed by atoms with Crippen LogP contribution in [-0.4, -0.2) is 308 Å². The Morgan fingerprint density at radius 2 is 0.399 bits per heavy atom. The van der Waals surface area contributed by atoms with Gasteiger partial charge in [-0.3, -0.25) is 0 Å². The quantitative estimate of drug-likeness (QED) is 0.0490. The van der Waals surface area contributed by atoms with Crippen LogP contribution in [0.25, 0.3) is 0 Å². The smallest absolute Gasteiger partial charge is 0.450 e. The number of ether oxygens (including phenoxy) is 14. The fourth-order valence-electron chi connectivity index (χ4n) is 13.7. The number of aliphatic hydroxyl groups excluding tert-OH is 12. The number of rotatable bonds is 12. The zero-order chi connectivity index (χ0) is 107. The predicted molar refractivity (Wildman–Crippen MR) is 534 cm³/mol. The lowest BCUT2D eigenvalue weighted by atomic mass is 9.96. The van der Waals surface area contributed by atoms with Crippen LogP contribution in [0.5, 0.6) is 0 Å². The Bertz CT molecular complexity index is 3390. The molecule has 2 amide bonds. The van der Waals surface area contributed by atoms with Crippen molar-refractivity contribution in [2.45, 2.75) is 538 Å². The molecule has 6 aliphatic carbocycles. The number of carbonyl (C=O) groups excluding carboxylic acids is 6. The van der Waals surface area contributed by atoms with E-state index in [1.165, 1.54) is 6.08 Å². The summed E-state index contributed by atoms with van der Waals surface area (Å²) in [5, 5.41) is 126. The van der Waals surface area contributed by atoms with Crippen LogP contribution in [0, 0.1) is 0 Å². The van der Waals surface area contributed by atoms with Crippen LogP contribution in [-0.2, 0) is 66.3 Å². The van der Waals surface area contributed by atoms with Crippen LogP contribution in [0.15, 0.2) is 72.9 Å². The van der Waals surface area contributed by atoms with E-state index in [0.717, 1.165) is 23.5 Å². The largest absolute Gasteiger partial charge is 0.509 e. The van der Waals surface area contributed by atoms with Gasteiger partial charge in [0.15, 0.2) is 0 Å². The average molecular weight is 2010 g/mol. The number of hydrogen-bond donors (Lipinski definition) is 14. The highest BCUT2D eigenvalue weighted by molar-refractivity contribution is 8.14. The monoisotopic (exact) mass is 2010 g/mol. The van der Waals surface area contributed by atoms with Gasteiger partial charge >= 0.3 is 35.1 Å². The van der Waals surface area contributed by atoms with Crippen LogP contribution in [0.4, 0.5) is 28.8 Å². The molecule has 34 nitrogen and oxygen atoms in total. The van der Waals surface area contributed by atoms with Gasteiger partial charge in [0, 0.05) is 97.6 Å². The summed E-state index contributed by atoms with van der Waals surface area (Å²) in [6, 6.07) is 0. The van der Waals surface area contributed by atoms with Crippen molar-refractivity contribution in [1.29, 1.82) is 0 Å². The first-order valence-corrected chi connectivity index (χ1v) is 49.7. The van der Waals surface area contributed by atoms with Crippen molar-refractivity contribution in [3.63, 3.8) is 0 Å². The lowest BCUT2D eigenvalue weighted by molar-refractivity contribution is -0.131. The van der Waals surface area contributed by atoms with Crippen LogP contribution in [0.1, 0.15) is 326 Å². The number of amides is 2. The second-order valence-electron chi connectivity index (χ2n) is 47.7. The van der Waals surface area contributed by atoms with Crippen molar-refractivity contribution in [2.24, 2.45) is 0 Å². The molecule has 0 bridgehead atoms. The maximum atomic E-state index is 12.0. The summed E-state index contributed by atoms with van der Waals surface area (Å²) in [5.74, 6) is 0. The fraction of sp³-hybridized carbons (Fsp3) is 0.824. The second kappa shape index (κ2) is 56.8. The standard InChI is InChI=1S/2C17H31NO5.2C17H30O6.2C17H30O5S/c1-16(2,3)18-15(21)22-12-8-7-11(19)9-14(13(20)10-12)23-17(4,5)6;1-16(2,3)18-15(21)22-12-8-7-11(19)9-13(20)14(10-12)23-17(4,5)6;1-16(2,3)22-14-9-11(18)7-8-12(10-13(14)19)21-15(20)23-17(4,5)6;1-16(2,3)22-14-10-12(8-7-11(18)9-13(14)19)21-15(20)23-17(4,5)6;1-16(2,3)22-14-9-11(18)7-8-12(10-13(14)19)21-15(20)23-17(4,5)6;1-16(2,3)22-14-10-12(8-7-11(18)9-13(14)19)21-15(20)23-17(4,5)6/h2*7-8,11-14,19-20H,9-10H2,1-6H3,(H,18,21);4*7-8,11-14,18-19H,9-10H2,1-6H3/b6*8-7+. The van der Waals surface area contributed by atoms with Crippen molar-refractivity contribution < 1.29 is 156 Å². The molecule has 6 rings (SSSR count). The average Bonchev–Trinajstić information content (AvgIpc) is 0.875. The molecule has 0 aromatic rings. The summed E-state index contributed by atoms with van der Waals surface area (Å²) in [7, 11) is 0. The third-order valence-electron chi connectivity index (χ3n) is 18.6. The Kier molecular flexibility index (Phi) is 53.7. The van der Waals surface area contributed by atoms with Gasteiger partial charge in [0.2, 0.25) is 0 Å². The number of alkyl carbamates (subject to hydrolysis) is 2. The Morgan fingerprint density at radius 1 is 0.225 bits per heavy atom. The number of aliphatic hydroxyl groups is 12. The number of nitrogens with one attached hydrogen (secondary N) is 2. The van der Waals surface area contributed by atoms with E-state index in [0.29, 0.717) is 32.1 Å². The van der Waals surface area contributed by atoms with Gasteiger partial charge in [0.25, 0.3) is 0 Å². The summed E-state index contributed by atoms with van der Waals surface area (Å²) in [5.41, 5.74) is -4.77. The van der Waals surface area contributed by atoms with Gasteiger partial charge in [-0.1, -0.05) is 78.0 Å². The van der Waals surface area contributed by atoms with E-state index in [9.17, 15) is 90.0 Å². The molecule has 0 aromatic carbocycles. The molecule has 0 heterocycles. The lowest BCUT2D eigenvalue weighted by Gasteiger charge is -2.34. The van der Waals surface area contributed by atoms with Gasteiger partial charge in [-0.15, -0.1) is 0 Å². The first kappa shape index (κ1) is 130. The first-order valence-electron chi connectivity index (χ1n) is 48.0. The minimum Gasteiger partial charge on any atom is -0.450 e. The number of carbonyl (C=O) groups is 6. The molecule has 804 valence electrons. The van der Waals surface area contributed by atoms with Gasteiger partial charge in [0.05, 0.1) is 143 Å². The van der Waals surface area contributed by atoms with E-state index in [-0.39, 0.29) is 65.0 Å². The third kappa shape index (κ3) is 67.1. The summed E-state index contributed by atoms with van der Waals surface area (Å²) >= 11 is 2.22. The molecule has 0 saturated carbocycles. The Labute approximate surface area is 832 Å². The molecule has 0 spiro atoms. The van der Waals surface area contributed by atoms with Gasteiger partial charge in [0.1, 0.15) is 47.8 Å². The molecule has 0 saturated heterocycles. The first-order chi connectivity index (χ1) is 62.1. The van der Waals surface area contributed by atoms with Crippen molar-refractivity contribution in [3.05, 3.63) is 72.9 Å². The van der Waals surface area contributed by atoms with E-state index in [4.69, 9.17) is 66.3 Å². The van der Waals surface area contributed by atoms with Crippen molar-refractivity contribution >= 4 is 58.6 Å². The summed E-state index contributed by atoms with van der Waals surface area (Å²) < 4.78 is 77.1. The van der Waals surface area contributed by atoms with Gasteiger partial charge < -0.3 is 138 Å². The minimum absolute atomic E-state index is 0.177. The molecule has 24 atom stereocenters. The summed E-state index contributed by atoms with van der Waals surface area (Å²) in [6.07, 6.45) is 3.13. The van der Waals surface area contributed by atoms with Crippen LogP contribution < -0.4 is 10.6 Å². The van der Waals surface area contributed by atoms with Gasteiger partial charge in [-0.05, 0) is 268 Å². The van der Waals surface area contributed by atoms with Crippen molar-refractivity contribution in [1.82, 2.24) is 10.6 Å². The highest BCUT2D eigenvalue weighted by atomic mass is 32.2. The zero-order valence-electron chi connectivity index (χ0n) is 89.6. The van der Waals surface area contributed by atoms with Crippen molar-refractivity contribution in [2.75, 3.05) is 0 Å². The molecule has 6 aliphatic rings. The van der Waals surface area contributed by atoms with Gasteiger partial charge in [-0.25, -0.2) is 28.8 Å². The molecule has 0 aliphatic heterocycles. The molecule has 138 heavy (non-hydrogen) atoms. The third-order valence-corrected chi connectivity index (χ3v) is 20.3. The Balaban J connectivity index is 0.000000828. The SMILES string of the molecule is CC(C)(C)NC(=O)OC1/C=C/C(O)CC(O)C(OC(C)(C)C)C1.CC(C)(C)NC(=O)OC1/C=C/C(O)CC(OC(C)(C)C)C(O)C1.CC(C)(C)OC(=O)OC1/C=C/C(O)CC(O)C(OC(C)(C)C)C1.CC(C)(C)OC(=O)OC1/C=C/C(O)CC(OC(C)(C)C)C(O)C1.CC(C)(C)OC1CC(O)/C=C/C(OC(=O)SC(C)(C)C)CC1O.CC(C)(C)OC1CC(OC(=O)SC(C)(C)C)/C=C/C(O)CC1O. The van der Waals surface area contributed by atoms with Crippen LogP contribution in [0.3, 0.4) is 0 Å². The Hall–Kier alpha value is -5.56. The highest BCUT2D eigenvalue weighted by Gasteiger charge is 2.41. The molecule has 36 heteroatoms. The van der Waals surface area contributed by atoms with Crippen molar-refractivity contribution in [3.8, 4) is 0 Å². The molecule has 0 fully saturated rings. The molecule has 0 aromatic heterocycles. The topological polar surface area (TPSA) is 498 Å². The molecular weight excluding hydrogens is 1830 g/mol. The van der Waals surface area contributed by atoms with E-state index in [2.05, 4.69) is 10.6 Å². The minimum atomic E-state index is -0.860. The van der Waals surface area contributed by atoms with Crippen LogP contribution >= 0.6 is 23.5 Å². The Morgan fingerprint density at radius 3 is 0.601 bits per heavy atom. The van der Waals surface area contributed by atoms with E-state index in [1.54, 1.807) is 108 Å². The molecule has 24 unspecified atom stereocenters. The number of thioether (sulfide) groups is 2. The lowest BCUT2D eigenvalue weighted by Crippen LogP contribution is -2.44. The zero-order valence-corrected chi connectivity index (χ0v) is 91.3. The van der Waals surface area contributed by atoms with Crippen LogP contribution in [0.2, 0.25) is 0 Å². The normalized spacial score (nSPS) is 31.0. The molecular formula is C102H182N2O32S2. The summed E-state index contributed by atoms with van der Waals surface area (Å²) in [6.45, 7) is 67.3. The van der Waals surface area contributed by atoms with Gasteiger partial charge in [-0.2, -0.15) is 0 Å². The fourth-order valence-corrected chi connectivity index (χ4v) is 15.1. The van der Waals surface area contributed by atoms with E-state index >= 15 is 0 Å². The maximum absolute atomic E-state index is 12.0. The predicted octanol–water partition coefficient (Wildman–Crippen LogP) is 16.0. The molecule has 0 radical (unpaired) electrons.